The van der Waals surface area contributed by atoms with E-state index in [1.54, 1.807) is 36.0 Å². The highest BCUT2D eigenvalue weighted by Gasteiger charge is 2.36. The zero-order chi connectivity index (χ0) is 18.7. The molecule has 1 aliphatic heterocycles. The Bertz CT molecular complexity index is 889. The predicted molar refractivity (Wildman–Crippen MR) is 100 cm³/mol. The smallest absolute Gasteiger partial charge is 0.335 e. The van der Waals surface area contributed by atoms with Gasteiger partial charge in [-0.3, -0.25) is 14.9 Å². The number of methoxy groups -OCH3 is 1. The molecule has 0 radical (unpaired) electrons. The molecule has 1 fully saturated rings. The fourth-order valence-corrected chi connectivity index (χ4v) is 2.90. The Morgan fingerprint density at radius 1 is 1.00 bits per heavy atom. The van der Waals surface area contributed by atoms with E-state index in [-0.39, 0.29) is 5.57 Å². The van der Waals surface area contributed by atoms with E-state index in [4.69, 9.17) is 4.74 Å². The largest absolute Gasteiger partial charge is 0.497 e. The molecule has 6 nitrogen and oxygen atoms in total. The third-order valence-corrected chi connectivity index (χ3v) is 4.60. The van der Waals surface area contributed by atoms with Gasteiger partial charge in [0.25, 0.3) is 11.8 Å². The third kappa shape index (κ3) is 3.48. The lowest BCUT2D eigenvalue weighted by Crippen LogP contribution is -2.54. The van der Waals surface area contributed by atoms with Crippen LogP contribution in [0.2, 0.25) is 0 Å². The average molecular weight is 368 g/mol. The van der Waals surface area contributed by atoms with E-state index in [1.165, 1.54) is 13.2 Å². The van der Waals surface area contributed by atoms with E-state index in [2.05, 4.69) is 5.32 Å². The van der Waals surface area contributed by atoms with Crippen molar-refractivity contribution < 1.29 is 19.1 Å². The van der Waals surface area contributed by atoms with Crippen molar-refractivity contribution in [1.29, 1.82) is 0 Å². The van der Waals surface area contributed by atoms with Crippen LogP contribution >= 0.6 is 11.8 Å². The van der Waals surface area contributed by atoms with Crippen molar-refractivity contribution in [1.82, 2.24) is 5.32 Å². The van der Waals surface area contributed by atoms with Crippen LogP contribution in [0.5, 0.6) is 5.75 Å². The number of urea groups is 1. The first-order valence-corrected chi connectivity index (χ1v) is 8.95. The topological polar surface area (TPSA) is 75.7 Å². The summed E-state index contributed by atoms with van der Waals surface area (Å²) in [6.45, 7) is 0. The number of hydrogen-bond acceptors (Lipinski definition) is 5. The van der Waals surface area contributed by atoms with E-state index in [1.807, 2.05) is 30.5 Å². The zero-order valence-electron chi connectivity index (χ0n) is 14.2. The highest BCUT2D eigenvalue weighted by Crippen LogP contribution is 2.24. The summed E-state index contributed by atoms with van der Waals surface area (Å²) >= 11 is 1.60. The molecule has 1 heterocycles. The number of hydrogen-bond donors (Lipinski definition) is 1. The molecule has 3 rings (SSSR count). The first-order chi connectivity index (χ1) is 12.5. The number of imide groups is 2. The predicted octanol–water partition coefficient (Wildman–Crippen LogP) is 3.08. The Kier molecular flexibility index (Phi) is 5.09. The monoisotopic (exact) mass is 368 g/mol. The summed E-state index contributed by atoms with van der Waals surface area (Å²) in [7, 11) is 1.52. The van der Waals surface area contributed by atoms with Gasteiger partial charge in [0.15, 0.2) is 0 Å². The minimum atomic E-state index is -0.778. The quantitative estimate of drug-likeness (QED) is 0.510. The van der Waals surface area contributed by atoms with Gasteiger partial charge in [0.2, 0.25) is 0 Å². The SMILES string of the molecule is COc1ccc(N2C(=O)NC(=O)/C(=C/c3ccc(SC)cc3)C2=O)cc1. The number of ether oxygens (including phenoxy) is 1. The van der Waals surface area contributed by atoms with Crippen molar-refractivity contribution >= 4 is 41.4 Å². The molecule has 1 saturated heterocycles. The molecule has 0 spiro atoms. The summed E-state index contributed by atoms with van der Waals surface area (Å²) in [6, 6.07) is 13.1. The van der Waals surface area contributed by atoms with Gasteiger partial charge in [-0.15, -0.1) is 11.8 Å². The number of barbiturate groups is 1. The van der Waals surface area contributed by atoms with Crippen molar-refractivity contribution in [3.63, 3.8) is 0 Å². The molecular formula is C19H16N2O4S. The fourth-order valence-electron chi connectivity index (χ4n) is 2.49. The van der Waals surface area contributed by atoms with Crippen LogP contribution in [-0.4, -0.2) is 31.2 Å². The Morgan fingerprint density at radius 3 is 2.23 bits per heavy atom. The Labute approximate surface area is 154 Å². The number of rotatable bonds is 4. The van der Waals surface area contributed by atoms with Gasteiger partial charge in [-0.2, -0.15) is 0 Å². The second-order valence-corrected chi connectivity index (χ2v) is 6.31. The second-order valence-electron chi connectivity index (χ2n) is 5.43. The van der Waals surface area contributed by atoms with Gasteiger partial charge in [0, 0.05) is 4.90 Å². The van der Waals surface area contributed by atoms with Gasteiger partial charge in [-0.25, -0.2) is 9.69 Å². The number of nitrogens with one attached hydrogen (secondary N) is 1. The molecule has 1 N–H and O–H groups in total. The van der Waals surface area contributed by atoms with E-state index >= 15 is 0 Å². The molecule has 2 aromatic carbocycles. The van der Waals surface area contributed by atoms with Gasteiger partial charge >= 0.3 is 6.03 Å². The van der Waals surface area contributed by atoms with Crippen LogP contribution in [0, 0.1) is 0 Å². The molecule has 0 aliphatic carbocycles. The van der Waals surface area contributed by atoms with E-state index in [0.29, 0.717) is 17.0 Å². The van der Waals surface area contributed by atoms with Crippen LogP contribution in [0.25, 0.3) is 6.08 Å². The number of thioether (sulfide) groups is 1. The van der Waals surface area contributed by atoms with Crippen LogP contribution < -0.4 is 15.0 Å². The van der Waals surface area contributed by atoms with Crippen LogP contribution in [0.3, 0.4) is 0 Å². The van der Waals surface area contributed by atoms with Crippen LogP contribution in [-0.2, 0) is 9.59 Å². The molecule has 0 bridgehead atoms. The van der Waals surface area contributed by atoms with Gasteiger partial charge in [0.05, 0.1) is 12.8 Å². The summed E-state index contributed by atoms with van der Waals surface area (Å²) in [5.74, 6) is -0.782. The summed E-state index contributed by atoms with van der Waals surface area (Å²) in [6.07, 6.45) is 3.44. The number of anilines is 1. The van der Waals surface area contributed by atoms with Crippen molar-refractivity contribution in [3.05, 3.63) is 59.7 Å². The minimum Gasteiger partial charge on any atom is -0.497 e. The van der Waals surface area contributed by atoms with Gasteiger partial charge < -0.3 is 4.74 Å². The minimum absolute atomic E-state index is 0.0997. The molecule has 0 saturated carbocycles. The van der Waals surface area contributed by atoms with Crippen LogP contribution in [0.4, 0.5) is 10.5 Å². The molecular weight excluding hydrogens is 352 g/mol. The number of carbonyl (C=O) groups is 3. The maximum Gasteiger partial charge on any atom is 0.335 e. The summed E-state index contributed by atoms with van der Waals surface area (Å²) in [5.41, 5.74) is 0.951. The Hall–Kier alpha value is -3.06. The maximum atomic E-state index is 12.8. The fraction of sp³-hybridized carbons (Fsp3) is 0.105. The molecule has 7 heteroatoms. The van der Waals surface area contributed by atoms with Gasteiger partial charge in [-0.05, 0) is 54.3 Å². The first-order valence-electron chi connectivity index (χ1n) is 7.73. The average Bonchev–Trinajstić information content (AvgIpc) is 2.66. The van der Waals surface area contributed by atoms with Crippen LogP contribution in [0.1, 0.15) is 5.56 Å². The molecule has 2 aromatic rings. The third-order valence-electron chi connectivity index (χ3n) is 3.86. The molecule has 0 aromatic heterocycles. The molecule has 4 amide bonds. The highest BCUT2D eigenvalue weighted by atomic mass is 32.2. The van der Waals surface area contributed by atoms with E-state index in [0.717, 1.165) is 9.80 Å². The standard InChI is InChI=1S/C19H16N2O4S/c1-25-14-7-5-13(6-8-14)21-18(23)16(17(22)20-19(21)24)11-12-3-9-15(26-2)10-4-12/h3-11H,1-2H3,(H,20,22,24)/b16-11-. The van der Waals surface area contributed by atoms with Gasteiger partial charge in [-0.1, -0.05) is 12.1 Å². The lowest BCUT2D eigenvalue weighted by Gasteiger charge is -2.26. The van der Waals surface area contributed by atoms with Crippen LogP contribution in [0.15, 0.2) is 59.0 Å². The van der Waals surface area contributed by atoms with E-state index in [9.17, 15) is 14.4 Å². The summed E-state index contributed by atoms with van der Waals surface area (Å²) < 4.78 is 5.08. The lowest BCUT2D eigenvalue weighted by molar-refractivity contribution is -0.122. The van der Waals surface area contributed by atoms with Crippen molar-refractivity contribution in [3.8, 4) is 5.75 Å². The Morgan fingerprint density at radius 2 is 1.65 bits per heavy atom. The normalized spacial score (nSPS) is 16.0. The molecule has 0 atom stereocenters. The zero-order valence-corrected chi connectivity index (χ0v) is 15.0. The number of nitrogens with zero attached hydrogens (tertiary/aromatic N) is 1. The maximum absolute atomic E-state index is 12.8. The Balaban J connectivity index is 1.95. The summed E-state index contributed by atoms with van der Waals surface area (Å²) in [5, 5.41) is 2.20. The van der Waals surface area contributed by atoms with Gasteiger partial charge in [0.1, 0.15) is 11.3 Å². The van der Waals surface area contributed by atoms with Crippen molar-refractivity contribution in [2.45, 2.75) is 4.90 Å². The second kappa shape index (κ2) is 7.45. The van der Waals surface area contributed by atoms with E-state index < -0.39 is 17.8 Å². The number of amides is 4. The first kappa shape index (κ1) is 17.8. The summed E-state index contributed by atoms with van der Waals surface area (Å²) in [4.78, 5) is 39.1. The van der Waals surface area contributed by atoms with Crippen molar-refractivity contribution in [2.24, 2.45) is 0 Å². The highest BCUT2D eigenvalue weighted by molar-refractivity contribution is 7.98. The molecule has 26 heavy (non-hydrogen) atoms. The molecule has 0 unspecified atom stereocenters. The lowest BCUT2D eigenvalue weighted by atomic mass is 10.1. The number of benzene rings is 2. The van der Waals surface area contributed by atoms with Crippen molar-refractivity contribution in [2.75, 3.05) is 18.3 Å². The number of carbonyl (C=O) groups excluding carboxylic acids is 3. The molecule has 132 valence electrons. The molecule has 1 aliphatic rings.